The number of esters is 2. The van der Waals surface area contributed by atoms with Crippen molar-refractivity contribution in [1.82, 2.24) is 0 Å². The first-order chi connectivity index (χ1) is 27.6. The lowest BCUT2D eigenvalue weighted by Gasteiger charge is -2.15. The molecule has 0 amide bonds. The van der Waals surface area contributed by atoms with Crippen LogP contribution in [0.1, 0.15) is 296 Å². The monoisotopic (exact) mass is 793 g/mol. The molecule has 0 aliphatic heterocycles. The Morgan fingerprint density at radius 2 is 0.554 bits per heavy atom. The zero-order chi connectivity index (χ0) is 40.7. The van der Waals surface area contributed by atoms with Crippen LogP contribution in [-0.2, 0) is 19.1 Å². The van der Waals surface area contributed by atoms with E-state index >= 15 is 0 Å². The van der Waals surface area contributed by atoms with E-state index in [0.29, 0.717) is 12.8 Å². The van der Waals surface area contributed by atoms with Gasteiger partial charge in [0, 0.05) is 12.8 Å². The van der Waals surface area contributed by atoms with Gasteiger partial charge in [0.15, 0.2) is 6.10 Å². The van der Waals surface area contributed by atoms with E-state index in [4.69, 9.17) is 9.47 Å². The molecule has 0 rings (SSSR count). The van der Waals surface area contributed by atoms with Crippen molar-refractivity contribution in [3.8, 4) is 0 Å². The first kappa shape index (κ1) is 54.9. The molecular weight excluding hydrogens is 693 g/mol. The van der Waals surface area contributed by atoms with Crippen molar-refractivity contribution in [3.05, 3.63) is 0 Å². The predicted molar refractivity (Wildman–Crippen MR) is 242 cm³/mol. The quantitative estimate of drug-likeness (QED) is 0.0491. The van der Waals surface area contributed by atoms with Gasteiger partial charge in [-0.2, -0.15) is 0 Å². The van der Waals surface area contributed by atoms with Gasteiger partial charge in [-0.15, -0.1) is 0 Å². The molecule has 0 aromatic heterocycles. The number of hydrogen-bond donors (Lipinski definition) is 1. The number of carbonyl (C=O) groups is 2. The van der Waals surface area contributed by atoms with Crippen LogP contribution in [0.5, 0.6) is 0 Å². The minimum atomic E-state index is -0.762. The fourth-order valence-corrected chi connectivity index (χ4v) is 8.03. The maximum absolute atomic E-state index is 12.2. The Kier molecular flexibility index (Phi) is 47.3. The first-order valence-corrected chi connectivity index (χ1v) is 25.6. The Morgan fingerprint density at radius 1 is 0.339 bits per heavy atom. The summed E-state index contributed by atoms with van der Waals surface area (Å²) in [6.07, 6.45) is 56.5. The van der Waals surface area contributed by atoms with Gasteiger partial charge in [-0.05, 0) is 12.8 Å². The topological polar surface area (TPSA) is 72.8 Å². The zero-order valence-electron chi connectivity index (χ0n) is 38.2. The molecule has 0 saturated carbocycles. The van der Waals surface area contributed by atoms with E-state index in [1.54, 1.807) is 0 Å². The van der Waals surface area contributed by atoms with Crippen molar-refractivity contribution in [2.45, 2.75) is 302 Å². The van der Waals surface area contributed by atoms with E-state index in [1.165, 1.54) is 238 Å². The van der Waals surface area contributed by atoms with Gasteiger partial charge in [-0.3, -0.25) is 9.59 Å². The van der Waals surface area contributed by atoms with Crippen LogP contribution in [-0.4, -0.2) is 36.4 Å². The van der Waals surface area contributed by atoms with Crippen molar-refractivity contribution in [1.29, 1.82) is 0 Å². The van der Waals surface area contributed by atoms with Gasteiger partial charge in [0.05, 0.1) is 6.61 Å². The molecule has 1 unspecified atom stereocenters. The molecular formula is C51H100O5. The van der Waals surface area contributed by atoms with Crippen molar-refractivity contribution in [2.24, 2.45) is 0 Å². The minimum Gasteiger partial charge on any atom is -0.462 e. The average molecular weight is 793 g/mol. The summed E-state index contributed by atoms with van der Waals surface area (Å²) in [4.78, 5) is 24.3. The van der Waals surface area contributed by atoms with E-state index in [-0.39, 0.29) is 25.2 Å². The minimum absolute atomic E-state index is 0.0566. The molecule has 0 spiro atoms. The third-order valence-corrected chi connectivity index (χ3v) is 11.9. The Balaban J connectivity index is 3.36. The van der Waals surface area contributed by atoms with Crippen LogP contribution >= 0.6 is 0 Å². The van der Waals surface area contributed by atoms with Crippen LogP contribution in [0.3, 0.4) is 0 Å². The lowest BCUT2D eigenvalue weighted by Crippen LogP contribution is -2.28. The van der Waals surface area contributed by atoms with Gasteiger partial charge in [-0.1, -0.05) is 271 Å². The Morgan fingerprint density at radius 3 is 0.786 bits per heavy atom. The molecule has 0 aromatic rings. The van der Waals surface area contributed by atoms with Gasteiger partial charge >= 0.3 is 11.9 Å². The summed E-state index contributed by atoms with van der Waals surface area (Å²) >= 11 is 0. The summed E-state index contributed by atoms with van der Waals surface area (Å²) in [5, 5.41) is 9.59. The van der Waals surface area contributed by atoms with Crippen LogP contribution < -0.4 is 0 Å². The predicted octanol–water partition coefficient (Wildman–Crippen LogP) is 16.6. The van der Waals surface area contributed by atoms with E-state index in [1.807, 2.05) is 0 Å². The van der Waals surface area contributed by atoms with Crippen LogP contribution in [0.15, 0.2) is 0 Å². The molecule has 0 radical (unpaired) electrons. The number of unbranched alkanes of at least 4 members (excludes halogenated alkanes) is 40. The maximum Gasteiger partial charge on any atom is 0.306 e. The standard InChI is InChI=1S/C51H100O5/c1-3-5-7-9-11-13-15-17-18-19-20-21-22-23-24-25-26-27-28-29-30-31-32-33-34-36-38-40-42-44-46-51(54)56-49(47-52)48-55-50(53)45-43-41-39-37-35-16-14-12-10-8-6-4-2/h49,52H,3-48H2,1-2H3. The second-order valence-corrected chi connectivity index (χ2v) is 17.6. The number of carbonyl (C=O) groups excluding carboxylic acids is 2. The second kappa shape index (κ2) is 48.3. The van der Waals surface area contributed by atoms with Crippen molar-refractivity contribution in [3.63, 3.8) is 0 Å². The normalized spacial score (nSPS) is 12.0. The number of rotatable bonds is 48. The summed E-state index contributed by atoms with van der Waals surface area (Å²) in [5.74, 6) is -0.570. The number of hydrogen-bond acceptors (Lipinski definition) is 5. The number of aliphatic hydroxyl groups excluding tert-OH is 1. The molecule has 5 heteroatoms. The number of ether oxygens (including phenoxy) is 2. The summed E-state index contributed by atoms with van der Waals surface area (Å²) in [7, 11) is 0. The second-order valence-electron chi connectivity index (χ2n) is 17.6. The molecule has 0 aromatic carbocycles. The van der Waals surface area contributed by atoms with Crippen LogP contribution in [0.25, 0.3) is 0 Å². The van der Waals surface area contributed by atoms with Gasteiger partial charge in [0.25, 0.3) is 0 Å². The molecule has 56 heavy (non-hydrogen) atoms. The lowest BCUT2D eigenvalue weighted by atomic mass is 10.0. The highest BCUT2D eigenvalue weighted by Gasteiger charge is 2.16. The van der Waals surface area contributed by atoms with Gasteiger partial charge in [0.2, 0.25) is 0 Å². The van der Waals surface area contributed by atoms with Gasteiger partial charge in [0.1, 0.15) is 6.61 Å². The van der Waals surface area contributed by atoms with E-state index < -0.39 is 6.10 Å². The molecule has 0 bridgehead atoms. The highest BCUT2D eigenvalue weighted by atomic mass is 16.6. The van der Waals surface area contributed by atoms with Crippen LogP contribution in [0.2, 0.25) is 0 Å². The Labute approximate surface area is 350 Å². The first-order valence-electron chi connectivity index (χ1n) is 25.6. The van der Waals surface area contributed by atoms with Crippen LogP contribution in [0.4, 0.5) is 0 Å². The summed E-state index contributed by atoms with van der Waals surface area (Å²) in [5.41, 5.74) is 0. The molecule has 0 fully saturated rings. The molecule has 0 heterocycles. The SMILES string of the molecule is CCCCCCCCCCCCCCCCCCCCCCCCCCCCCCCCC(=O)OC(CO)COC(=O)CCCCCCCCCCCCCC. The van der Waals surface area contributed by atoms with Crippen molar-refractivity contribution >= 4 is 11.9 Å². The van der Waals surface area contributed by atoms with Crippen LogP contribution in [0, 0.1) is 0 Å². The summed E-state index contributed by atoms with van der Waals surface area (Å²) < 4.78 is 10.7. The Hall–Kier alpha value is -1.10. The molecule has 0 saturated heterocycles. The largest absolute Gasteiger partial charge is 0.462 e. The molecule has 1 atom stereocenters. The maximum atomic E-state index is 12.2. The molecule has 1 N–H and O–H groups in total. The smallest absolute Gasteiger partial charge is 0.306 e. The van der Waals surface area contributed by atoms with Crippen molar-refractivity contribution in [2.75, 3.05) is 13.2 Å². The number of aliphatic hydroxyl groups is 1. The molecule has 5 nitrogen and oxygen atoms in total. The zero-order valence-corrected chi connectivity index (χ0v) is 38.2. The highest BCUT2D eigenvalue weighted by molar-refractivity contribution is 5.70. The third-order valence-electron chi connectivity index (χ3n) is 11.9. The van der Waals surface area contributed by atoms with Gasteiger partial charge in [-0.25, -0.2) is 0 Å². The fraction of sp³-hybridized carbons (Fsp3) is 0.961. The molecule has 0 aliphatic rings. The van der Waals surface area contributed by atoms with E-state index in [9.17, 15) is 14.7 Å². The fourth-order valence-electron chi connectivity index (χ4n) is 8.03. The van der Waals surface area contributed by atoms with E-state index in [0.717, 1.165) is 32.1 Å². The highest BCUT2D eigenvalue weighted by Crippen LogP contribution is 2.18. The summed E-state index contributed by atoms with van der Waals surface area (Å²) in [6.45, 7) is 4.18. The van der Waals surface area contributed by atoms with E-state index in [2.05, 4.69) is 13.8 Å². The van der Waals surface area contributed by atoms with Gasteiger partial charge < -0.3 is 14.6 Å². The molecule has 334 valence electrons. The Bertz CT molecular complexity index is 769. The third kappa shape index (κ3) is 45.6. The molecule has 0 aliphatic carbocycles. The summed E-state index contributed by atoms with van der Waals surface area (Å²) in [6, 6.07) is 0. The lowest BCUT2D eigenvalue weighted by molar-refractivity contribution is -0.161. The van der Waals surface area contributed by atoms with Crippen molar-refractivity contribution < 1.29 is 24.2 Å². The average Bonchev–Trinajstić information content (AvgIpc) is 3.20.